The SMILES string of the molecule is CCOC(=O)NC1CCCN(C(=O)c2cccc(N)c2O)C1. The van der Waals surface area contributed by atoms with Crippen LogP contribution in [0.2, 0.25) is 0 Å². The number of piperidine rings is 1. The molecule has 0 saturated carbocycles. The van der Waals surface area contributed by atoms with Crippen molar-refractivity contribution in [3.8, 4) is 5.75 Å². The van der Waals surface area contributed by atoms with Gasteiger partial charge in [0.05, 0.1) is 17.9 Å². The lowest BCUT2D eigenvalue weighted by Crippen LogP contribution is -2.49. The molecule has 1 unspecified atom stereocenters. The van der Waals surface area contributed by atoms with E-state index in [9.17, 15) is 14.7 Å². The number of nitrogens with two attached hydrogens (primary N) is 1. The number of amides is 2. The molecule has 4 N–H and O–H groups in total. The van der Waals surface area contributed by atoms with Crippen LogP contribution in [0.5, 0.6) is 5.75 Å². The summed E-state index contributed by atoms with van der Waals surface area (Å²) in [4.78, 5) is 25.6. The van der Waals surface area contributed by atoms with E-state index in [1.54, 1.807) is 17.9 Å². The number of aromatic hydroxyl groups is 1. The largest absolute Gasteiger partial charge is 0.505 e. The lowest BCUT2D eigenvalue weighted by atomic mass is 10.0. The van der Waals surface area contributed by atoms with Gasteiger partial charge in [0.2, 0.25) is 0 Å². The molecule has 7 heteroatoms. The summed E-state index contributed by atoms with van der Waals surface area (Å²) in [6.45, 7) is 3.00. The maximum Gasteiger partial charge on any atom is 0.407 e. The van der Waals surface area contributed by atoms with Crippen molar-refractivity contribution in [2.45, 2.75) is 25.8 Å². The summed E-state index contributed by atoms with van der Waals surface area (Å²) in [5.41, 5.74) is 5.97. The van der Waals surface area contributed by atoms with Crippen LogP contribution in [0, 0.1) is 0 Å². The van der Waals surface area contributed by atoms with Gasteiger partial charge in [-0.1, -0.05) is 6.07 Å². The highest BCUT2D eigenvalue weighted by molar-refractivity contribution is 5.98. The monoisotopic (exact) mass is 307 g/mol. The molecule has 0 spiro atoms. The van der Waals surface area contributed by atoms with Crippen molar-refractivity contribution in [1.29, 1.82) is 0 Å². The summed E-state index contributed by atoms with van der Waals surface area (Å²) in [5.74, 6) is -0.492. The number of likely N-dealkylation sites (tertiary alicyclic amines) is 1. The average molecular weight is 307 g/mol. The number of alkyl carbamates (subject to hydrolysis) is 1. The molecule has 22 heavy (non-hydrogen) atoms. The van der Waals surface area contributed by atoms with Gasteiger partial charge >= 0.3 is 6.09 Å². The minimum atomic E-state index is -0.478. The van der Waals surface area contributed by atoms with Crippen molar-refractivity contribution in [3.63, 3.8) is 0 Å². The first-order chi connectivity index (χ1) is 10.5. The Hall–Kier alpha value is -2.44. The Morgan fingerprint density at radius 2 is 2.27 bits per heavy atom. The van der Waals surface area contributed by atoms with Gasteiger partial charge in [0.1, 0.15) is 0 Å². The highest BCUT2D eigenvalue weighted by Gasteiger charge is 2.27. The van der Waals surface area contributed by atoms with Crippen LogP contribution >= 0.6 is 0 Å². The van der Waals surface area contributed by atoms with Crippen molar-refractivity contribution in [1.82, 2.24) is 10.2 Å². The van der Waals surface area contributed by atoms with Crippen LogP contribution < -0.4 is 11.1 Å². The lowest BCUT2D eigenvalue weighted by molar-refractivity contribution is 0.0683. The van der Waals surface area contributed by atoms with E-state index in [0.29, 0.717) is 19.7 Å². The molecule has 1 aliphatic rings. The Labute approximate surface area is 129 Å². The number of para-hydroxylation sites is 1. The minimum Gasteiger partial charge on any atom is -0.505 e. The third kappa shape index (κ3) is 3.60. The fourth-order valence-electron chi connectivity index (χ4n) is 2.52. The molecule has 1 atom stereocenters. The second kappa shape index (κ2) is 7.02. The summed E-state index contributed by atoms with van der Waals surface area (Å²) in [7, 11) is 0. The van der Waals surface area contributed by atoms with E-state index in [1.165, 1.54) is 12.1 Å². The molecule has 0 aromatic heterocycles. The summed E-state index contributed by atoms with van der Waals surface area (Å²) in [6, 6.07) is 4.55. The third-order valence-corrected chi connectivity index (χ3v) is 3.60. The van der Waals surface area contributed by atoms with Crippen molar-refractivity contribution >= 4 is 17.7 Å². The number of hydrogen-bond donors (Lipinski definition) is 3. The molecule has 0 radical (unpaired) electrons. The lowest BCUT2D eigenvalue weighted by Gasteiger charge is -2.33. The van der Waals surface area contributed by atoms with Crippen LogP contribution in [0.3, 0.4) is 0 Å². The summed E-state index contributed by atoms with van der Waals surface area (Å²) in [5, 5.41) is 12.7. The van der Waals surface area contributed by atoms with Crippen molar-refractivity contribution in [3.05, 3.63) is 23.8 Å². The fraction of sp³-hybridized carbons (Fsp3) is 0.467. The molecule has 2 rings (SSSR count). The average Bonchev–Trinajstić information content (AvgIpc) is 2.50. The maximum atomic E-state index is 12.5. The Kier molecular flexibility index (Phi) is 5.08. The molecule has 1 aliphatic heterocycles. The van der Waals surface area contributed by atoms with Crippen LogP contribution in [0.1, 0.15) is 30.1 Å². The van der Waals surface area contributed by atoms with E-state index in [2.05, 4.69) is 5.32 Å². The minimum absolute atomic E-state index is 0.153. The molecule has 1 saturated heterocycles. The number of hydrogen-bond acceptors (Lipinski definition) is 5. The van der Waals surface area contributed by atoms with Gasteiger partial charge < -0.3 is 25.8 Å². The first kappa shape index (κ1) is 15.9. The molecule has 1 heterocycles. The Bertz CT molecular complexity index is 562. The van der Waals surface area contributed by atoms with Crippen LogP contribution in [0.25, 0.3) is 0 Å². The third-order valence-electron chi connectivity index (χ3n) is 3.60. The molecular weight excluding hydrogens is 286 g/mol. The molecule has 2 amide bonds. The number of ether oxygens (including phenoxy) is 1. The number of benzene rings is 1. The number of carbonyl (C=O) groups is 2. The summed E-state index contributed by atoms with van der Waals surface area (Å²) in [6.07, 6.45) is 1.07. The number of nitrogens with zero attached hydrogens (tertiary/aromatic N) is 1. The second-order valence-electron chi connectivity index (χ2n) is 5.20. The Morgan fingerprint density at radius 1 is 1.50 bits per heavy atom. The zero-order chi connectivity index (χ0) is 16.1. The van der Waals surface area contributed by atoms with Gasteiger partial charge in [-0.3, -0.25) is 4.79 Å². The first-order valence-corrected chi connectivity index (χ1v) is 7.33. The molecule has 120 valence electrons. The molecular formula is C15H21N3O4. The number of phenolic OH excluding ortho intramolecular Hbond substituents is 1. The smallest absolute Gasteiger partial charge is 0.407 e. The van der Waals surface area contributed by atoms with Gasteiger partial charge in [0, 0.05) is 19.1 Å². The molecule has 0 bridgehead atoms. The molecule has 1 fully saturated rings. The molecule has 0 aliphatic carbocycles. The number of carbonyl (C=O) groups excluding carboxylic acids is 2. The van der Waals surface area contributed by atoms with Crippen molar-refractivity contribution in [2.75, 3.05) is 25.4 Å². The highest BCUT2D eigenvalue weighted by Crippen LogP contribution is 2.26. The van der Waals surface area contributed by atoms with E-state index in [0.717, 1.165) is 12.8 Å². The van der Waals surface area contributed by atoms with Gasteiger partial charge in [-0.25, -0.2) is 4.79 Å². The highest BCUT2D eigenvalue weighted by atomic mass is 16.5. The quantitative estimate of drug-likeness (QED) is 0.577. The number of phenols is 1. The molecule has 7 nitrogen and oxygen atoms in total. The zero-order valence-corrected chi connectivity index (χ0v) is 12.5. The van der Waals surface area contributed by atoms with Gasteiger partial charge in [0.25, 0.3) is 5.91 Å². The van der Waals surface area contributed by atoms with E-state index in [-0.39, 0.29) is 28.9 Å². The summed E-state index contributed by atoms with van der Waals surface area (Å²) < 4.78 is 4.85. The Morgan fingerprint density at radius 3 is 3.00 bits per heavy atom. The standard InChI is InChI=1S/C15H21N3O4/c1-2-22-15(21)17-10-5-4-8-18(9-10)14(20)11-6-3-7-12(16)13(11)19/h3,6-7,10,19H,2,4-5,8-9,16H2,1H3,(H,17,21). The summed E-state index contributed by atoms with van der Waals surface area (Å²) >= 11 is 0. The normalized spacial score (nSPS) is 17.9. The predicted octanol–water partition coefficient (Wildman–Crippen LogP) is 1.33. The fourth-order valence-corrected chi connectivity index (χ4v) is 2.52. The van der Waals surface area contributed by atoms with Crippen LogP contribution in [0.15, 0.2) is 18.2 Å². The van der Waals surface area contributed by atoms with Crippen molar-refractivity contribution < 1.29 is 19.4 Å². The van der Waals surface area contributed by atoms with Crippen LogP contribution in [-0.4, -0.2) is 47.7 Å². The van der Waals surface area contributed by atoms with E-state index < -0.39 is 6.09 Å². The first-order valence-electron chi connectivity index (χ1n) is 7.33. The number of anilines is 1. The zero-order valence-electron chi connectivity index (χ0n) is 12.5. The topological polar surface area (TPSA) is 105 Å². The van der Waals surface area contributed by atoms with Gasteiger partial charge in [-0.05, 0) is 31.9 Å². The maximum absolute atomic E-state index is 12.5. The van der Waals surface area contributed by atoms with Crippen LogP contribution in [0.4, 0.5) is 10.5 Å². The van der Waals surface area contributed by atoms with Crippen LogP contribution in [-0.2, 0) is 4.74 Å². The Balaban J connectivity index is 2.04. The van der Waals surface area contributed by atoms with Gasteiger partial charge in [-0.2, -0.15) is 0 Å². The van der Waals surface area contributed by atoms with E-state index in [4.69, 9.17) is 10.5 Å². The number of rotatable bonds is 3. The number of nitrogen functional groups attached to an aromatic ring is 1. The predicted molar refractivity (Wildman–Crippen MR) is 81.6 cm³/mol. The van der Waals surface area contributed by atoms with Gasteiger partial charge in [0.15, 0.2) is 5.75 Å². The second-order valence-corrected chi connectivity index (χ2v) is 5.20. The van der Waals surface area contributed by atoms with Crippen molar-refractivity contribution in [2.24, 2.45) is 0 Å². The number of nitrogens with one attached hydrogen (secondary N) is 1. The van der Waals surface area contributed by atoms with Gasteiger partial charge in [-0.15, -0.1) is 0 Å². The molecule has 1 aromatic rings. The van der Waals surface area contributed by atoms with E-state index in [1.807, 2.05) is 0 Å². The van der Waals surface area contributed by atoms with E-state index >= 15 is 0 Å². The molecule has 1 aromatic carbocycles.